The van der Waals surface area contributed by atoms with Crippen LogP contribution in [-0.2, 0) is 4.79 Å². The molecule has 1 heterocycles. The quantitative estimate of drug-likeness (QED) is 0.382. The van der Waals surface area contributed by atoms with E-state index >= 15 is 0 Å². The minimum absolute atomic E-state index is 0.119. The highest BCUT2D eigenvalue weighted by atomic mass is 16.6. The van der Waals surface area contributed by atoms with Crippen LogP contribution < -0.4 is 14.8 Å². The lowest BCUT2D eigenvalue weighted by Gasteiger charge is -2.10. The molecule has 3 aromatic carbocycles. The number of non-ortho nitro benzene ring substituents is 1. The van der Waals surface area contributed by atoms with Crippen LogP contribution in [0.15, 0.2) is 65.1 Å². The summed E-state index contributed by atoms with van der Waals surface area (Å²) in [5.41, 5.74) is 1.93. The molecule has 1 amide bonds. The summed E-state index contributed by atoms with van der Waals surface area (Å²) in [6.07, 6.45) is 0. The monoisotopic (exact) mass is 392 g/mol. The fourth-order valence-corrected chi connectivity index (χ4v) is 3.04. The van der Waals surface area contributed by atoms with E-state index in [4.69, 9.17) is 13.9 Å². The smallest absolute Gasteiger partial charge is 0.273 e. The van der Waals surface area contributed by atoms with E-state index in [9.17, 15) is 14.9 Å². The first-order valence-electron chi connectivity index (χ1n) is 8.71. The molecular weight excluding hydrogens is 376 g/mol. The lowest BCUT2D eigenvalue weighted by atomic mass is 10.1. The van der Waals surface area contributed by atoms with Crippen LogP contribution in [0.5, 0.6) is 11.5 Å². The highest BCUT2D eigenvalue weighted by Crippen LogP contribution is 2.32. The van der Waals surface area contributed by atoms with Gasteiger partial charge in [-0.05, 0) is 30.3 Å². The van der Waals surface area contributed by atoms with Gasteiger partial charge in [0.15, 0.2) is 18.1 Å². The predicted octanol–water partition coefficient (Wildman–Crippen LogP) is 4.52. The van der Waals surface area contributed by atoms with Crippen LogP contribution in [0.1, 0.15) is 0 Å². The molecule has 1 N–H and O–H groups in total. The summed E-state index contributed by atoms with van der Waals surface area (Å²) in [5.74, 6) is 0.00790. The number of methoxy groups -OCH3 is 1. The van der Waals surface area contributed by atoms with Gasteiger partial charge in [-0.1, -0.05) is 18.2 Å². The van der Waals surface area contributed by atoms with Gasteiger partial charge in [0, 0.05) is 22.5 Å². The lowest BCUT2D eigenvalue weighted by molar-refractivity contribution is -0.385. The van der Waals surface area contributed by atoms with Gasteiger partial charge in [-0.2, -0.15) is 0 Å². The van der Waals surface area contributed by atoms with Gasteiger partial charge < -0.3 is 19.2 Å². The first kappa shape index (κ1) is 18.3. The Morgan fingerprint density at radius 1 is 1.03 bits per heavy atom. The largest absolute Gasteiger partial charge is 0.493 e. The number of amides is 1. The Morgan fingerprint density at radius 3 is 2.62 bits per heavy atom. The van der Waals surface area contributed by atoms with Gasteiger partial charge >= 0.3 is 0 Å². The number of carbonyl (C=O) groups excluding carboxylic acids is 1. The van der Waals surface area contributed by atoms with Crippen LogP contribution in [0.3, 0.4) is 0 Å². The van der Waals surface area contributed by atoms with Crippen molar-refractivity contribution >= 4 is 39.2 Å². The van der Waals surface area contributed by atoms with Crippen LogP contribution in [0.4, 0.5) is 11.4 Å². The lowest BCUT2D eigenvalue weighted by Crippen LogP contribution is -2.20. The van der Waals surface area contributed by atoms with Crippen molar-refractivity contribution < 1.29 is 23.6 Å². The third-order valence-electron chi connectivity index (χ3n) is 4.38. The molecule has 1 aromatic heterocycles. The number of anilines is 1. The molecule has 0 saturated heterocycles. The van der Waals surface area contributed by atoms with Crippen molar-refractivity contribution in [1.82, 2.24) is 0 Å². The van der Waals surface area contributed by atoms with Crippen LogP contribution >= 0.6 is 0 Å². The molecule has 4 aromatic rings. The molecule has 0 radical (unpaired) electrons. The minimum atomic E-state index is -0.545. The van der Waals surface area contributed by atoms with Gasteiger partial charge in [0.2, 0.25) is 0 Å². The van der Waals surface area contributed by atoms with Gasteiger partial charge in [0.05, 0.1) is 18.1 Å². The standard InChI is InChI=1S/C21H16N2O6/c1-27-19-9-7-14(23(25)26)11-20(19)28-12-21(24)22-13-6-8-18-16(10-13)15-4-2-3-5-17(15)29-18/h2-11H,12H2,1H3,(H,22,24). The zero-order valence-corrected chi connectivity index (χ0v) is 15.4. The van der Waals surface area contributed by atoms with Crippen molar-refractivity contribution in [2.45, 2.75) is 0 Å². The van der Waals surface area contributed by atoms with E-state index in [0.29, 0.717) is 11.4 Å². The maximum atomic E-state index is 12.3. The molecule has 0 aliphatic carbocycles. The third kappa shape index (κ3) is 3.68. The number of benzene rings is 3. The first-order chi connectivity index (χ1) is 14.0. The van der Waals surface area contributed by atoms with E-state index in [2.05, 4.69) is 5.32 Å². The first-order valence-corrected chi connectivity index (χ1v) is 8.71. The Hall–Kier alpha value is -4.07. The number of ether oxygens (including phenoxy) is 2. The van der Waals surface area contributed by atoms with E-state index in [1.807, 2.05) is 30.3 Å². The van der Waals surface area contributed by atoms with Gasteiger partial charge in [-0.25, -0.2) is 0 Å². The average molecular weight is 392 g/mol. The molecule has 8 nitrogen and oxygen atoms in total. The SMILES string of the molecule is COc1ccc([N+](=O)[O-])cc1OCC(=O)Nc1ccc2oc3ccccc3c2c1. The van der Waals surface area contributed by atoms with Crippen molar-refractivity contribution in [2.24, 2.45) is 0 Å². The number of nitro groups is 1. The molecule has 29 heavy (non-hydrogen) atoms. The van der Waals surface area contributed by atoms with Crippen LogP contribution in [0, 0.1) is 10.1 Å². The number of hydrogen-bond acceptors (Lipinski definition) is 6. The van der Waals surface area contributed by atoms with Gasteiger partial charge in [0.1, 0.15) is 11.2 Å². The van der Waals surface area contributed by atoms with Crippen LogP contribution in [0.25, 0.3) is 21.9 Å². The molecule has 0 bridgehead atoms. The second-order valence-corrected chi connectivity index (χ2v) is 6.24. The van der Waals surface area contributed by atoms with Gasteiger partial charge in [0.25, 0.3) is 11.6 Å². The number of nitro benzene ring substituents is 1. The molecule has 0 spiro atoms. The Morgan fingerprint density at radius 2 is 1.83 bits per heavy atom. The topological polar surface area (TPSA) is 104 Å². The molecule has 8 heteroatoms. The highest BCUT2D eigenvalue weighted by molar-refractivity contribution is 6.07. The van der Waals surface area contributed by atoms with Crippen LogP contribution in [0.2, 0.25) is 0 Å². The van der Waals surface area contributed by atoms with Gasteiger partial charge in [-0.15, -0.1) is 0 Å². The van der Waals surface area contributed by atoms with E-state index in [-0.39, 0.29) is 18.0 Å². The zero-order valence-electron chi connectivity index (χ0n) is 15.4. The molecule has 0 aliphatic heterocycles. The summed E-state index contributed by atoms with van der Waals surface area (Å²) >= 11 is 0. The van der Waals surface area contributed by atoms with Crippen molar-refractivity contribution in [3.05, 3.63) is 70.8 Å². The summed E-state index contributed by atoms with van der Waals surface area (Å²) in [7, 11) is 1.42. The Balaban J connectivity index is 1.49. The second kappa shape index (κ2) is 7.51. The number of hydrogen-bond donors (Lipinski definition) is 1. The molecule has 0 fully saturated rings. The number of nitrogens with zero attached hydrogens (tertiary/aromatic N) is 1. The fourth-order valence-electron chi connectivity index (χ4n) is 3.04. The van der Waals surface area contributed by atoms with Crippen molar-refractivity contribution in [1.29, 1.82) is 0 Å². The van der Waals surface area contributed by atoms with Crippen molar-refractivity contribution in [3.8, 4) is 11.5 Å². The molecule has 0 unspecified atom stereocenters. The Labute approximate surface area is 164 Å². The van der Waals surface area contributed by atoms with Crippen molar-refractivity contribution in [3.63, 3.8) is 0 Å². The summed E-state index contributed by atoms with van der Waals surface area (Å²) < 4.78 is 16.3. The molecule has 0 aliphatic rings. The third-order valence-corrected chi connectivity index (χ3v) is 4.38. The highest BCUT2D eigenvalue weighted by Gasteiger charge is 2.14. The average Bonchev–Trinajstić information content (AvgIpc) is 3.10. The molecular formula is C21H16N2O6. The Bertz CT molecular complexity index is 1230. The number of fused-ring (bicyclic) bond motifs is 3. The Kier molecular flexibility index (Phi) is 4.74. The number of nitrogens with one attached hydrogen (secondary N) is 1. The van der Waals surface area contributed by atoms with Gasteiger partial charge in [-0.3, -0.25) is 14.9 Å². The van der Waals surface area contributed by atoms with E-state index in [1.54, 1.807) is 12.1 Å². The molecule has 146 valence electrons. The summed E-state index contributed by atoms with van der Waals surface area (Å²) in [5, 5.41) is 15.5. The summed E-state index contributed by atoms with van der Waals surface area (Å²) in [6, 6.07) is 16.9. The zero-order chi connectivity index (χ0) is 20.4. The number of rotatable bonds is 6. The summed E-state index contributed by atoms with van der Waals surface area (Å²) in [4.78, 5) is 22.7. The van der Waals surface area contributed by atoms with Crippen molar-refractivity contribution in [2.75, 3.05) is 19.0 Å². The number of furan rings is 1. The summed E-state index contributed by atoms with van der Waals surface area (Å²) in [6.45, 7) is -0.332. The number of para-hydroxylation sites is 1. The number of carbonyl (C=O) groups is 1. The second-order valence-electron chi connectivity index (χ2n) is 6.24. The van der Waals surface area contributed by atoms with E-state index in [1.165, 1.54) is 25.3 Å². The fraction of sp³-hybridized carbons (Fsp3) is 0.0952. The maximum absolute atomic E-state index is 12.3. The maximum Gasteiger partial charge on any atom is 0.273 e. The molecule has 4 rings (SSSR count). The molecule has 0 atom stereocenters. The normalized spacial score (nSPS) is 10.8. The predicted molar refractivity (Wildman–Crippen MR) is 107 cm³/mol. The van der Waals surface area contributed by atoms with E-state index < -0.39 is 10.8 Å². The van der Waals surface area contributed by atoms with E-state index in [0.717, 1.165) is 21.9 Å². The molecule has 0 saturated carbocycles. The van der Waals surface area contributed by atoms with Crippen LogP contribution in [-0.4, -0.2) is 24.5 Å². The minimum Gasteiger partial charge on any atom is -0.493 e.